The molecule has 1 aromatic carbocycles. The SMILES string of the molecule is C#CCCN1CCC(C(=O)Nc2ccc3nc(SCC(=O)N[C@@H]4CCOC4)sc3c2)CC1=O. The van der Waals surface area contributed by atoms with Crippen LogP contribution < -0.4 is 10.6 Å². The number of carbonyl (C=O) groups excluding carboxylic acids is 3. The molecular weight excluding hydrogens is 460 g/mol. The van der Waals surface area contributed by atoms with Gasteiger partial charge >= 0.3 is 0 Å². The smallest absolute Gasteiger partial charge is 0.230 e. The Morgan fingerprint density at radius 2 is 2.24 bits per heavy atom. The van der Waals surface area contributed by atoms with Crippen LogP contribution in [0.1, 0.15) is 25.7 Å². The zero-order valence-electron chi connectivity index (χ0n) is 18.2. The number of aromatic nitrogens is 1. The van der Waals surface area contributed by atoms with Crippen molar-refractivity contribution in [2.75, 3.05) is 37.4 Å². The van der Waals surface area contributed by atoms with Gasteiger partial charge in [-0.1, -0.05) is 11.8 Å². The van der Waals surface area contributed by atoms with Crippen LogP contribution in [0.5, 0.6) is 0 Å². The van der Waals surface area contributed by atoms with Crippen LogP contribution in [0.2, 0.25) is 0 Å². The van der Waals surface area contributed by atoms with Crippen LogP contribution in [0.25, 0.3) is 10.2 Å². The maximum absolute atomic E-state index is 12.7. The van der Waals surface area contributed by atoms with Crippen LogP contribution in [-0.4, -0.2) is 65.7 Å². The number of carbonyl (C=O) groups is 3. The third-order valence-corrected chi connectivity index (χ3v) is 7.84. The van der Waals surface area contributed by atoms with Crippen molar-refractivity contribution < 1.29 is 19.1 Å². The molecule has 1 unspecified atom stereocenters. The summed E-state index contributed by atoms with van der Waals surface area (Å²) in [6.07, 6.45) is 7.48. The number of thioether (sulfide) groups is 1. The minimum Gasteiger partial charge on any atom is -0.379 e. The van der Waals surface area contributed by atoms with Crippen LogP contribution >= 0.6 is 23.1 Å². The maximum Gasteiger partial charge on any atom is 0.230 e. The van der Waals surface area contributed by atoms with Crippen LogP contribution in [-0.2, 0) is 19.1 Å². The molecule has 3 heterocycles. The molecule has 174 valence electrons. The number of anilines is 1. The zero-order valence-corrected chi connectivity index (χ0v) is 19.8. The Morgan fingerprint density at radius 1 is 1.36 bits per heavy atom. The first-order valence-electron chi connectivity index (χ1n) is 10.9. The highest BCUT2D eigenvalue weighted by Gasteiger charge is 2.30. The highest BCUT2D eigenvalue weighted by molar-refractivity contribution is 8.01. The summed E-state index contributed by atoms with van der Waals surface area (Å²) < 4.78 is 7.01. The molecule has 2 aliphatic rings. The molecule has 10 heteroatoms. The summed E-state index contributed by atoms with van der Waals surface area (Å²) in [6.45, 7) is 2.36. The van der Waals surface area contributed by atoms with Gasteiger partial charge in [0.15, 0.2) is 4.34 Å². The van der Waals surface area contributed by atoms with E-state index in [1.54, 1.807) is 4.90 Å². The Hall–Kier alpha value is -2.61. The second kappa shape index (κ2) is 11.0. The number of fused-ring (bicyclic) bond motifs is 1. The first-order chi connectivity index (χ1) is 16.0. The van der Waals surface area contributed by atoms with Gasteiger partial charge < -0.3 is 20.3 Å². The van der Waals surface area contributed by atoms with Crippen molar-refractivity contribution in [2.24, 2.45) is 5.92 Å². The summed E-state index contributed by atoms with van der Waals surface area (Å²) in [4.78, 5) is 43.4. The van der Waals surface area contributed by atoms with E-state index in [1.807, 2.05) is 18.2 Å². The minimum atomic E-state index is -0.341. The topological polar surface area (TPSA) is 101 Å². The molecule has 0 bridgehead atoms. The van der Waals surface area contributed by atoms with Crippen molar-refractivity contribution >= 4 is 56.7 Å². The lowest BCUT2D eigenvalue weighted by molar-refractivity contribution is -0.138. The Morgan fingerprint density at radius 3 is 3.00 bits per heavy atom. The van der Waals surface area contributed by atoms with Crippen LogP contribution in [0.3, 0.4) is 0 Å². The number of hydrogen-bond donors (Lipinski definition) is 2. The molecule has 2 aromatic rings. The number of hydrogen-bond acceptors (Lipinski definition) is 7. The van der Waals surface area contributed by atoms with Gasteiger partial charge in [-0.25, -0.2) is 4.98 Å². The van der Waals surface area contributed by atoms with E-state index >= 15 is 0 Å². The molecular formula is C23H26N4O4S2. The molecule has 0 saturated carbocycles. The Kier molecular flexibility index (Phi) is 7.85. The third kappa shape index (κ3) is 6.25. The normalized spacial score (nSPS) is 20.6. The van der Waals surface area contributed by atoms with Crippen molar-refractivity contribution in [2.45, 2.75) is 36.1 Å². The van der Waals surface area contributed by atoms with Gasteiger partial charge in [-0.05, 0) is 31.0 Å². The second-order valence-electron chi connectivity index (χ2n) is 8.09. The quantitative estimate of drug-likeness (QED) is 0.439. The number of thiazole rings is 1. The lowest BCUT2D eigenvalue weighted by Crippen LogP contribution is -2.42. The van der Waals surface area contributed by atoms with Gasteiger partial charge in [0.2, 0.25) is 17.7 Å². The number of nitrogens with zero attached hydrogens (tertiary/aromatic N) is 2. The molecule has 2 fully saturated rings. The number of amides is 3. The van der Waals surface area contributed by atoms with Gasteiger partial charge in [-0.15, -0.1) is 23.7 Å². The van der Waals surface area contributed by atoms with E-state index in [-0.39, 0.29) is 36.1 Å². The fourth-order valence-corrected chi connectivity index (χ4v) is 5.79. The monoisotopic (exact) mass is 486 g/mol. The first-order valence-corrected chi connectivity index (χ1v) is 12.7. The summed E-state index contributed by atoms with van der Waals surface area (Å²) in [6, 6.07) is 5.65. The average molecular weight is 487 g/mol. The van der Waals surface area contributed by atoms with E-state index in [1.165, 1.54) is 23.1 Å². The average Bonchev–Trinajstić information content (AvgIpc) is 3.46. The van der Waals surface area contributed by atoms with Crippen molar-refractivity contribution in [3.8, 4) is 12.3 Å². The van der Waals surface area contributed by atoms with Gasteiger partial charge in [0, 0.05) is 44.1 Å². The number of likely N-dealkylation sites (tertiary alicyclic amines) is 1. The maximum atomic E-state index is 12.7. The minimum absolute atomic E-state index is 0.0254. The van der Waals surface area contributed by atoms with E-state index in [0.717, 1.165) is 21.0 Å². The highest BCUT2D eigenvalue weighted by Crippen LogP contribution is 2.31. The molecule has 2 aliphatic heterocycles. The lowest BCUT2D eigenvalue weighted by atomic mass is 9.95. The molecule has 3 amide bonds. The molecule has 0 radical (unpaired) electrons. The second-order valence-corrected chi connectivity index (χ2v) is 10.3. The fraction of sp³-hybridized carbons (Fsp3) is 0.478. The lowest BCUT2D eigenvalue weighted by Gasteiger charge is -2.30. The van der Waals surface area contributed by atoms with Gasteiger partial charge in [-0.2, -0.15) is 0 Å². The van der Waals surface area contributed by atoms with E-state index in [9.17, 15) is 14.4 Å². The Balaban J connectivity index is 1.30. The number of terminal acetylenes is 1. The van der Waals surface area contributed by atoms with Crippen LogP contribution in [0, 0.1) is 18.3 Å². The predicted octanol–water partition coefficient (Wildman–Crippen LogP) is 2.49. The number of ether oxygens (including phenoxy) is 1. The van der Waals surface area contributed by atoms with E-state index in [0.29, 0.717) is 50.6 Å². The number of rotatable bonds is 8. The summed E-state index contributed by atoms with van der Waals surface area (Å²) >= 11 is 2.88. The molecule has 4 rings (SSSR count). The molecule has 1 aromatic heterocycles. The van der Waals surface area contributed by atoms with Crippen molar-refractivity contribution in [1.29, 1.82) is 0 Å². The predicted molar refractivity (Wildman–Crippen MR) is 129 cm³/mol. The standard InChI is InChI=1S/C23H26N4O4S2/c1-2-3-8-27-9-6-15(11-21(27)29)22(30)25-16-4-5-18-19(12-16)33-23(26-18)32-14-20(28)24-17-7-10-31-13-17/h1,4-5,12,15,17H,3,6-11,13-14H2,(H,24,28)(H,25,30)/t15?,17-/m1/s1. The summed E-state index contributed by atoms with van der Waals surface area (Å²) in [5, 5.41) is 5.91. The molecule has 0 aliphatic carbocycles. The van der Waals surface area contributed by atoms with Crippen molar-refractivity contribution in [3.63, 3.8) is 0 Å². The number of nitrogens with one attached hydrogen (secondary N) is 2. The van der Waals surface area contributed by atoms with E-state index in [4.69, 9.17) is 11.2 Å². The van der Waals surface area contributed by atoms with Gasteiger partial charge in [0.25, 0.3) is 0 Å². The Labute approximate surface area is 200 Å². The Bertz CT molecular complexity index is 1070. The number of piperidine rings is 1. The molecule has 2 atom stereocenters. The van der Waals surface area contributed by atoms with Gasteiger partial charge in [0.1, 0.15) is 0 Å². The van der Waals surface area contributed by atoms with E-state index < -0.39 is 0 Å². The highest BCUT2D eigenvalue weighted by atomic mass is 32.2. The first kappa shape index (κ1) is 23.5. The zero-order chi connectivity index (χ0) is 23.2. The third-order valence-electron chi connectivity index (χ3n) is 5.68. The number of benzene rings is 1. The van der Waals surface area contributed by atoms with Crippen molar-refractivity contribution in [1.82, 2.24) is 15.2 Å². The molecule has 33 heavy (non-hydrogen) atoms. The molecule has 2 N–H and O–H groups in total. The molecule has 8 nitrogen and oxygen atoms in total. The fourth-order valence-electron chi connectivity index (χ4n) is 3.87. The molecule has 0 spiro atoms. The van der Waals surface area contributed by atoms with Crippen LogP contribution in [0.4, 0.5) is 5.69 Å². The molecule has 2 saturated heterocycles. The van der Waals surface area contributed by atoms with E-state index in [2.05, 4.69) is 21.5 Å². The van der Waals surface area contributed by atoms with Crippen LogP contribution in [0.15, 0.2) is 22.5 Å². The summed E-state index contributed by atoms with van der Waals surface area (Å²) in [5.74, 6) is 2.30. The van der Waals surface area contributed by atoms with Gasteiger partial charge in [-0.3, -0.25) is 14.4 Å². The van der Waals surface area contributed by atoms with Crippen molar-refractivity contribution in [3.05, 3.63) is 18.2 Å². The van der Waals surface area contributed by atoms with Gasteiger partial charge in [0.05, 0.1) is 28.6 Å². The summed E-state index contributed by atoms with van der Waals surface area (Å²) in [7, 11) is 0. The summed E-state index contributed by atoms with van der Waals surface area (Å²) in [5.41, 5.74) is 1.50. The largest absolute Gasteiger partial charge is 0.379 e.